The molecule has 144 valence electrons. The molecule has 1 amide bonds. The Morgan fingerprint density at radius 3 is 2.45 bits per heavy atom. The number of carbonyl (C=O) groups is 1. The Labute approximate surface area is 179 Å². The van der Waals surface area contributed by atoms with Gasteiger partial charge in [0.15, 0.2) is 0 Å². The highest BCUT2D eigenvalue weighted by molar-refractivity contribution is 6.36. The molecule has 29 heavy (non-hydrogen) atoms. The van der Waals surface area contributed by atoms with Gasteiger partial charge in [-0.15, -0.1) is 0 Å². The van der Waals surface area contributed by atoms with E-state index in [1.54, 1.807) is 36.4 Å². The number of carbonyl (C=O) groups excluding carboxylic acids is 1. The van der Waals surface area contributed by atoms with Gasteiger partial charge in [0.05, 0.1) is 10.7 Å². The van der Waals surface area contributed by atoms with Crippen LogP contribution >= 0.6 is 23.2 Å². The summed E-state index contributed by atoms with van der Waals surface area (Å²) in [4.78, 5) is 12.4. The number of hydrogen-bond acceptors (Lipinski definition) is 3. The van der Waals surface area contributed by atoms with Gasteiger partial charge in [0.1, 0.15) is 24.0 Å². The van der Waals surface area contributed by atoms with Crippen LogP contribution in [0.3, 0.4) is 0 Å². The zero-order valence-corrected chi connectivity index (χ0v) is 16.7. The van der Waals surface area contributed by atoms with E-state index in [2.05, 4.69) is 5.32 Å². The summed E-state index contributed by atoms with van der Waals surface area (Å²) in [5.41, 5.74) is 2.05. The molecule has 0 bridgehead atoms. The average Bonchev–Trinajstić information content (AvgIpc) is 2.74. The standard InChI is InChI=1S/C23H16Cl2N2O2/c24-19-8-11-21(25)22(13-19)27-23(28)18(14-26)12-16-6-9-20(10-7-16)29-15-17-4-2-1-3-5-17/h1-13H,15H2,(H,27,28)/b18-12-. The fraction of sp³-hybridized carbons (Fsp3) is 0.0435. The Balaban J connectivity index is 1.67. The monoisotopic (exact) mass is 422 g/mol. The lowest BCUT2D eigenvalue weighted by molar-refractivity contribution is -0.112. The summed E-state index contributed by atoms with van der Waals surface area (Å²) in [6.07, 6.45) is 1.49. The Bertz CT molecular complexity index is 1070. The van der Waals surface area contributed by atoms with Crippen molar-refractivity contribution in [3.63, 3.8) is 0 Å². The van der Waals surface area contributed by atoms with Crippen LogP contribution in [0.15, 0.2) is 78.4 Å². The Kier molecular flexibility index (Phi) is 6.91. The lowest BCUT2D eigenvalue weighted by Gasteiger charge is -2.08. The number of ether oxygens (including phenoxy) is 1. The van der Waals surface area contributed by atoms with Gasteiger partial charge in [-0.05, 0) is 47.5 Å². The summed E-state index contributed by atoms with van der Waals surface area (Å²) in [6, 6.07) is 23.6. The SMILES string of the molecule is N#C/C(=C/c1ccc(OCc2ccccc2)cc1)C(=O)Nc1cc(Cl)ccc1Cl. The maximum Gasteiger partial charge on any atom is 0.266 e. The van der Waals surface area contributed by atoms with Crippen LogP contribution in [0, 0.1) is 11.3 Å². The van der Waals surface area contributed by atoms with Gasteiger partial charge in [0.25, 0.3) is 5.91 Å². The molecule has 0 saturated heterocycles. The van der Waals surface area contributed by atoms with Gasteiger partial charge in [0, 0.05) is 5.02 Å². The fourth-order valence-corrected chi connectivity index (χ4v) is 2.84. The molecule has 0 heterocycles. The van der Waals surface area contributed by atoms with Gasteiger partial charge in [0.2, 0.25) is 0 Å². The van der Waals surface area contributed by atoms with Crippen molar-refractivity contribution in [2.24, 2.45) is 0 Å². The Hall–Kier alpha value is -3.26. The molecule has 0 fully saturated rings. The third-order valence-electron chi connectivity index (χ3n) is 3.98. The topological polar surface area (TPSA) is 62.1 Å². The van der Waals surface area contributed by atoms with E-state index in [9.17, 15) is 10.1 Å². The summed E-state index contributed by atoms with van der Waals surface area (Å²) < 4.78 is 5.74. The summed E-state index contributed by atoms with van der Waals surface area (Å²) in [5.74, 6) is 0.126. The molecule has 6 heteroatoms. The number of nitrogens with zero attached hydrogens (tertiary/aromatic N) is 1. The second-order valence-electron chi connectivity index (χ2n) is 6.09. The smallest absolute Gasteiger partial charge is 0.266 e. The number of nitrogens with one attached hydrogen (secondary N) is 1. The number of halogens is 2. The van der Waals surface area contributed by atoms with Gasteiger partial charge < -0.3 is 10.1 Å². The van der Waals surface area contributed by atoms with E-state index < -0.39 is 5.91 Å². The molecule has 0 aliphatic heterocycles. The minimum atomic E-state index is -0.568. The highest BCUT2D eigenvalue weighted by atomic mass is 35.5. The van der Waals surface area contributed by atoms with Crippen LogP contribution in [0.5, 0.6) is 5.75 Å². The molecule has 3 aromatic carbocycles. The van der Waals surface area contributed by atoms with Crippen LogP contribution in [0.1, 0.15) is 11.1 Å². The average molecular weight is 423 g/mol. The zero-order valence-electron chi connectivity index (χ0n) is 15.2. The van der Waals surface area contributed by atoms with E-state index in [1.165, 1.54) is 12.1 Å². The number of rotatable bonds is 6. The number of nitriles is 1. The number of hydrogen-bond donors (Lipinski definition) is 1. The van der Waals surface area contributed by atoms with Gasteiger partial charge in [-0.3, -0.25) is 4.79 Å². The van der Waals surface area contributed by atoms with E-state index in [0.29, 0.717) is 33.7 Å². The molecular weight excluding hydrogens is 407 g/mol. The summed E-state index contributed by atoms with van der Waals surface area (Å²) in [5, 5.41) is 12.7. The molecule has 0 aliphatic carbocycles. The van der Waals surface area contributed by atoms with Crippen LogP contribution in [0.4, 0.5) is 5.69 Å². The summed E-state index contributed by atoms with van der Waals surface area (Å²) in [6.45, 7) is 0.461. The first kappa shape index (κ1) is 20.5. The van der Waals surface area contributed by atoms with Gasteiger partial charge in [-0.1, -0.05) is 65.7 Å². The first-order valence-electron chi connectivity index (χ1n) is 8.70. The third-order valence-corrected chi connectivity index (χ3v) is 4.55. The molecule has 0 atom stereocenters. The van der Waals surface area contributed by atoms with E-state index >= 15 is 0 Å². The van der Waals surface area contributed by atoms with Gasteiger partial charge >= 0.3 is 0 Å². The molecule has 4 nitrogen and oxygen atoms in total. The first-order valence-corrected chi connectivity index (χ1v) is 9.46. The van der Waals surface area contributed by atoms with E-state index in [-0.39, 0.29) is 5.57 Å². The molecule has 3 rings (SSSR count). The minimum Gasteiger partial charge on any atom is -0.489 e. The number of amides is 1. The molecule has 0 aliphatic rings. The van der Waals surface area contributed by atoms with E-state index in [1.807, 2.05) is 36.4 Å². The van der Waals surface area contributed by atoms with E-state index in [0.717, 1.165) is 5.56 Å². The van der Waals surface area contributed by atoms with Crippen molar-refractivity contribution in [3.05, 3.63) is 99.5 Å². The fourth-order valence-electron chi connectivity index (χ4n) is 2.50. The van der Waals surface area contributed by atoms with Crippen molar-refractivity contribution in [2.45, 2.75) is 6.61 Å². The number of benzene rings is 3. The molecule has 0 spiro atoms. The zero-order chi connectivity index (χ0) is 20.6. The van der Waals surface area contributed by atoms with Crippen LogP contribution in [-0.2, 0) is 11.4 Å². The van der Waals surface area contributed by atoms with Crippen molar-refractivity contribution >= 4 is 40.9 Å². The molecule has 0 saturated carbocycles. The quantitative estimate of drug-likeness (QED) is 0.384. The summed E-state index contributed by atoms with van der Waals surface area (Å²) in [7, 11) is 0. The lowest BCUT2D eigenvalue weighted by Crippen LogP contribution is -2.13. The van der Waals surface area contributed by atoms with E-state index in [4.69, 9.17) is 27.9 Å². The molecule has 3 aromatic rings. The molecule has 0 aromatic heterocycles. The number of anilines is 1. The predicted molar refractivity (Wildman–Crippen MR) is 116 cm³/mol. The first-order chi connectivity index (χ1) is 14.0. The van der Waals surface area contributed by atoms with Crippen LogP contribution in [0.2, 0.25) is 10.0 Å². The second-order valence-corrected chi connectivity index (χ2v) is 6.94. The predicted octanol–water partition coefficient (Wildman–Crippen LogP) is 6.12. The van der Waals surface area contributed by atoms with Crippen molar-refractivity contribution < 1.29 is 9.53 Å². The van der Waals surface area contributed by atoms with Crippen LogP contribution < -0.4 is 10.1 Å². The second kappa shape index (κ2) is 9.79. The summed E-state index contributed by atoms with van der Waals surface area (Å²) >= 11 is 12.0. The lowest BCUT2D eigenvalue weighted by atomic mass is 10.1. The van der Waals surface area contributed by atoms with Crippen molar-refractivity contribution in [1.29, 1.82) is 5.26 Å². The van der Waals surface area contributed by atoms with Crippen LogP contribution in [0.25, 0.3) is 6.08 Å². The third kappa shape index (κ3) is 5.86. The molecule has 0 unspecified atom stereocenters. The normalized spacial score (nSPS) is 10.9. The maximum absolute atomic E-state index is 12.4. The van der Waals surface area contributed by atoms with Gasteiger partial charge in [-0.2, -0.15) is 5.26 Å². The highest BCUT2D eigenvalue weighted by Crippen LogP contribution is 2.26. The Morgan fingerprint density at radius 2 is 1.76 bits per heavy atom. The largest absolute Gasteiger partial charge is 0.489 e. The molecule has 0 radical (unpaired) electrons. The van der Waals surface area contributed by atoms with Crippen molar-refractivity contribution in [3.8, 4) is 11.8 Å². The molecule has 1 N–H and O–H groups in total. The van der Waals surface area contributed by atoms with Gasteiger partial charge in [-0.25, -0.2) is 0 Å². The van der Waals surface area contributed by atoms with Crippen molar-refractivity contribution in [1.82, 2.24) is 0 Å². The van der Waals surface area contributed by atoms with Crippen molar-refractivity contribution in [2.75, 3.05) is 5.32 Å². The maximum atomic E-state index is 12.4. The Morgan fingerprint density at radius 1 is 1.03 bits per heavy atom. The van der Waals surface area contributed by atoms with Crippen LogP contribution in [-0.4, -0.2) is 5.91 Å². The highest BCUT2D eigenvalue weighted by Gasteiger charge is 2.12. The minimum absolute atomic E-state index is 0.0565. The molecular formula is C23H16Cl2N2O2.